The second kappa shape index (κ2) is 14.3. The van der Waals surface area contributed by atoms with Crippen molar-refractivity contribution >= 4 is 29.2 Å². The van der Waals surface area contributed by atoms with Crippen molar-refractivity contribution in [2.24, 2.45) is 0 Å². The first-order valence-corrected chi connectivity index (χ1v) is 16.3. The number of benzene rings is 3. The molecule has 0 bridgehead atoms. The minimum absolute atomic E-state index is 0.230. The summed E-state index contributed by atoms with van der Waals surface area (Å²) in [6, 6.07) is 19.1. The Kier molecular flexibility index (Phi) is 9.89. The molecule has 1 fully saturated rings. The Morgan fingerprint density at radius 3 is 2.42 bits per heavy atom. The van der Waals surface area contributed by atoms with Gasteiger partial charge in [-0.05, 0) is 61.9 Å². The van der Waals surface area contributed by atoms with Crippen LogP contribution in [0.5, 0.6) is 0 Å². The number of likely N-dealkylation sites (N-methyl/N-ethyl adjacent to an activating group) is 1. The van der Waals surface area contributed by atoms with Gasteiger partial charge in [0.25, 0.3) is 17.7 Å². The third-order valence-electron chi connectivity index (χ3n) is 8.91. The highest BCUT2D eigenvalue weighted by molar-refractivity contribution is 6.06. The van der Waals surface area contributed by atoms with Crippen LogP contribution in [0.3, 0.4) is 0 Å². The van der Waals surface area contributed by atoms with Crippen molar-refractivity contribution in [1.82, 2.24) is 20.0 Å². The molecule has 2 atom stereocenters. The molecule has 4 aromatic rings. The van der Waals surface area contributed by atoms with Crippen LogP contribution < -0.4 is 15.5 Å². The van der Waals surface area contributed by atoms with E-state index in [0.29, 0.717) is 72.4 Å². The van der Waals surface area contributed by atoms with Crippen LogP contribution in [-0.4, -0.2) is 77.8 Å². The van der Waals surface area contributed by atoms with Crippen molar-refractivity contribution < 1.29 is 32.3 Å². The number of fused-ring (bicyclic) bond motifs is 1. The fraction of sp³-hybridized carbons (Fsp3) is 0.297. The van der Waals surface area contributed by atoms with Gasteiger partial charge in [0.1, 0.15) is 11.9 Å². The molecule has 3 amide bonds. The van der Waals surface area contributed by atoms with Crippen molar-refractivity contribution in [3.8, 4) is 5.69 Å². The number of alkyl halides is 3. The number of aromatic nitrogens is 2. The topological polar surface area (TPSA) is 109 Å². The van der Waals surface area contributed by atoms with E-state index in [4.69, 9.17) is 9.84 Å². The Morgan fingerprint density at radius 2 is 1.72 bits per heavy atom. The molecule has 1 saturated heterocycles. The number of nitrogens with one attached hydrogen (secondary N) is 2. The fourth-order valence-corrected chi connectivity index (χ4v) is 6.48. The van der Waals surface area contributed by atoms with Gasteiger partial charge in [0, 0.05) is 54.5 Å². The van der Waals surface area contributed by atoms with E-state index in [1.165, 1.54) is 11.0 Å². The second-order valence-corrected chi connectivity index (χ2v) is 12.2. The summed E-state index contributed by atoms with van der Waals surface area (Å²) in [5.41, 5.74) is 2.14. The molecule has 10 nitrogen and oxygen atoms in total. The molecule has 3 aromatic carbocycles. The molecule has 0 aliphatic carbocycles. The van der Waals surface area contributed by atoms with Crippen LogP contribution in [0.1, 0.15) is 45.6 Å². The average molecular weight is 687 g/mol. The number of halogens is 3. The highest BCUT2D eigenvalue weighted by Gasteiger charge is 2.45. The number of ether oxygens (including phenoxy) is 1. The lowest BCUT2D eigenvalue weighted by Gasteiger charge is -2.38. The van der Waals surface area contributed by atoms with Gasteiger partial charge in [-0.15, -0.1) is 0 Å². The molecule has 0 saturated carbocycles. The van der Waals surface area contributed by atoms with E-state index in [1.54, 1.807) is 35.9 Å². The summed E-state index contributed by atoms with van der Waals surface area (Å²) in [7, 11) is 0. The van der Waals surface area contributed by atoms with Crippen molar-refractivity contribution in [1.29, 1.82) is 0 Å². The van der Waals surface area contributed by atoms with E-state index in [2.05, 4.69) is 22.1 Å². The third-order valence-corrected chi connectivity index (χ3v) is 8.91. The quantitative estimate of drug-likeness (QED) is 0.231. The zero-order valence-corrected chi connectivity index (χ0v) is 27.7. The molecule has 1 aromatic heterocycles. The number of nitrogens with zero attached hydrogens (tertiary/aromatic N) is 4. The summed E-state index contributed by atoms with van der Waals surface area (Å²) in [4.78, 5) is 44.9. The van der Waals surface area contributed by atoms with E-state index in [9.17, 15) is 27.6 Å². The summed E-state index contributed by atoms with van der Waals surface area (Å²) >= 11 is 0. The first-order valence-electron chi connectivity index (χ1n) is 16.3. The van der Waals surface area contributed by atoms with Gasteiger partial charge in [0.2, 0.25) is 0 Å². The number of carbonyl (C=O) groups is 3. The maximum absolute atomic E-state index is 14.4. The molecule has 0 radical (unpaired) electrons. The molecule has 260 valence electrons. The summed E-state index contributed by atoms with van der Waals surface area (Å²) in [6.45, 7) is 10.7. The lowest BCUT2D eigenvalue weighted by molar-refractivity contribution is -0.137. The average Bonchev–Trinajstić information content (AvgIpc) is 3.45. The SMILES string of the molecule is C=C(CN1CCOCC1)C(=O)Nc1cccc([C@H]2c3c(C)nn(-c4ccccc4)c3N(CC)C(=O)[C@@H]2NC(=O)c2cccc(C(F)(F)F)c2)c1. The van der Waals surface area contributed by atoms with E-state index in [0.717, 1.165) is 18.2 Å². The zero-order chi connectivity index (χ0) is 35.6. The van der Waals surface area contributed by atoms with Crippen LogP contribution in [0.25, 0.3) is 5.69 Å². The number of hydrogen-bond acceptors (Lipinski definition) is 6. The number of anilines is 2. The minimum atomic E-state index is -4.66. The molecule has 0 spiro atoms. The number of amides is 3. The largest absolute Gasteiger partial charge is 0.416 e. The molecule has 2 aliphatic rings. The van der Waals surface area contributed by atoms with Crippen molar-refractivity contribution in [2.45, 2.75) is 32.0 Å². The second-order valence-electron chi connectivity index (χ2n) is 12.2. The molecule has 6 rings (SSSR count). The van der Waals surface area contributed by atoms with Gasteiger partial charge >= 0.3 is 6.18 Å². The van der Waals surface area contributed by atoms with Crippen molar-refractivity contribution in [3.63, 3.8) is 0 Å². The molecule has 3 heterocycles. The summed E-state index contributed by atoms with van der Waals surface area (Å²) in [6.07, 6.45) is -4.66. The minimum Gasteiger partial charge on any atom is -0.379 e. The summed E-state index contributed by atoms with van der Waals surface area (Å²) in [5.74, 6) is -1.97. The highest BCUT2D eigenvalue weighted by Crippen LogP contribution is 2.44. The van der Waals surface area contributed by atoms with Gasteiger partial charge in [-0.3, -0.25) is 24.2 Å². The van der Waals surface area contributed by atoms with E-state index in [-0.39, 0.29) is 18.0 Å². The Morgan fingerprint density at radius 1 is 1.00 bits per heavy atom. The van der Waals surface area contributed by atoms with Crippen LogP contribution >= 0.6 is 0 Å². The normalized spacial score (nSPS) is 18.0. The van der Waals surface area contributed by atoms with Gasteiger partial charge < -0.3 is 15.4 Å². The number of para-hydroxylation sites is 1. The number of morpholine rings is 1. The Labute approximate surface area is 287 Å². The number of hydrogen-bond donors (Lipinski definition) is 2. The van der Waals surface area contributed by atoms with Crippen molar-refractivity contribution in [2.75, 3.05) is 49.6 Å². The van der Waals surface area contributed by atoms with Gasteiger partial charge in [0.05, 0.1) is 30.2 Å². The first kappa shape index (κ1) is 34.6. The summed E-state index contributed by atoms with van der Waals surface area (Å²) in [5, 5.41) is 10.5. The summed E-state index contributed by atoms with van der Waals surface area (Å²) < 4.78 is 47.7. The number of carbonyl (C=O) groups excluding carboxylic acids is 3. The standard InChI is InChI=1S/C37H37F3N6O4/c1-4-45-35-30(24(3)43-46(35)29-14-6-5-7-15-29)31(32(36(45)49)42-34(48)26-11-8-12-27(20-26)37(38,39)40)25-10-9-13-28(21-25)41-33(47)23(2)22-44-16-18-50-19-17-44/h5-15,20-21,31-32H,2,4,16-19,22H2,1,3H3,(H,41,47)(H,42,48)/t31-,32+/m0/s1. The smallest absolute Gasteiger partial charge is 0.379 e. The molecule has 2 N–H and O–H groups in total. The van der Waals surface area contributed by atoms with E-state index in [1.807, 2.05) is 37.3 Å². The lowest BCUT2D eigenvalue weighted by atomic mass is 9.81. The van der Waals surface area contributed by atoms with Crippen LogP contribution in [0.2, 0.25) is 0 Å². The predicted octanol–water partition coefficient (Wildman–Crippen LogP) is 5.32. The monoisotopic (exact) mass is 686 g/mol. The van der Waals surface area contributed by atoms with Crippen molar-refractivity contribution in [3.05, 3.63) is 119 Å². The Balaban J connectivity index is 1.40. The van der Waals surface area contributed by atoms with Gasteiger partial charge in [0.15, 0.2) is 0 Å². The van der Waals surface area contributed by atoms with Gasteiger partial charge in [-0.1, -0.05) is 43.0 Å². The molecule has 2 aliphatic heterocycles. The highest BCUT2D eigenvalue weighted by atomic mass is 19.4. The maximum Gasteiger partial charge on any atom is 0.416 e. The molecular formula is C37H37F3N6O4. The maximum atomic E-state index is 14.4. The molecule has 13 heteroatoms. The zero-order valence-electron chi connectivity index (χ0n) is 27.7. The van der Waals surface area contributed by atoms with Crippen LogP contribution in [0.4, 0.5) is 24.7 Å². The van der Waals surface area contributed by atoms with Gasteiger partial charge in [-0.25, -0.2) is 4.68 Å². The molecule has 50 heavy (non-hydrogen) atoms. The Hall–Kier alpha value is -5.27. The third kappa shape index (κ3) is 7.05. The predicted molar refractivity (Wildman–Crippen MR) is 182 cm³/mol. The molecular weight excluding hydrogens is 649 g/mol. The van der Waals surface area contributed by atoms with Crippen LogP contribution in [0.15, 0.2) is 91.0 Å². The fourth-order valence-electron chi connectivity index (χ4n) is 6.48. The number of aryl methyl sites for hydroxylation is 1. The Bertz CT molecular complexity index is 1920. The van der Waals surface area contributed by atoms with E-state index < -0.39 is 35.5 Å². The van der Waals surface area contributed by atoms with Gasteiger partial charge in [-0.2, -0.15) is 18.3 Å². The van der Waals surface area contributed by atoms with Crippen LogP contribution in [0, 0.1) is 6.92 Å². The lowest BCUT2D eigenvalue weighted by Crippen LogP contribution is -2.55. The first-order chi connectivity index (χ1) is 24.0. The van der Waals surface area contributed by atoms with E-state index >= 15 is 0 Å². The number of rotatable bonds is 9. The van der Waals surface area contributed by atoms with Crippen LogP contribution in [-0.2, 0) is 20.5 Å². The molecule has 0 unspecified atom stereocenters.